The van der Waals surface area contributed by atoms with Gasteiger partial charge in [0.05, 0.1) is 0 Å². The second-order valence-electron chi connectivity index (χ2n) is 4.15. The number of nitrogens with zero attached hydrogens (tertiary/aromatic N) is 1. The standard InChI is InChI=1S/C12H19FN2/c1-15(2)8-7-11(14)9-10-5-3-4-6-12(10)13/h3-6,11H,7-9,14H2,1-2H3. The zero-order valence-corrected chi connectivity index (χ0v) is 9.41. The number of hydrogen-bond donors (Lipinski definition) is 1. The summed E-state index contributed by atoms with van der Waals surface area (Å²) in [6, 6.07) is 6.85. The Morgan fingerprint density at radius 1 is 1.33 bits per heavy atom. The Morgan fingerprint density at radius 2 is 2.00 bits per heavy atom. The van der Waals surface area contributed by atoms with Gasteiger partial charge in [-0.15, -0.1) is 0 Å². The lowest BCUT2D eigenvalue weighted by Gasteiger charge is -2.15. The monoisotopic (exact) mass is 210 g/mol. The minimum Gasteiger partial charge on any atom is -0.327 e. The molecule has 0 spiro atoms. The van der Waals surface area contributed by atoms with Crippen LogP contribution < -0.4 is 5.73 Å². The van der Waals surface area contributed by atoms with E-state index >= 15 is 0 Å². The molecular weight excluding hydrogens is 191 g/mol. The van der Waals surface area contributed by atoms with E-state index in [4.69, 9.17) is 5.73 Å². The third kappa shape index (κ3) is 4.40. The van der Waals surface area contributed by atoms with Gasteiger partial charge in [-0.25, -0.2) is 4.39 Å². The highest BCUT2D eigenvalue weighted by molar-refractivity contribution is 5.18. The lowest BCUT2D eigenvalue weighted by atomic mass is 10.0. The van der Waals surface area contributed by atoms with Crippen molar-refractivity contribution in [2.75, 3.05) is 20.6 Å². The van der Waals surface area contributed by atoms with Crippen LogP contribution in [0.1, 0.15) is 12.0 Å². The fraction of sp³-hybridized carbons (Fsp3) is 0.500. The van der Waals surface area contributed by atoms with Gasteiger partial charge in [0.2, 0.25) is 0 Å². The molecule has 84 valence electrons. The number of halogens is 1. The van der Waals surface area contributed by atoms with Crippen LogP contribution >= 0.6 is 0 Å². The molecule has 1 aromatic rings. The maximum absolute atomic E-state index is 13.3. The van der Waals surface area contributed by atoms with E-state index in [1.54, 1.807) is 12.1 Å². The Hall–Kier alpha value is -0.930. The summed E-state index contributed by atoms with van der Waals surface area (Å²) in [5, 5.41) is 0. The molecule has 1 atom stereocenters. The largest absolute Gasteiger partial charge is 0.327 e. The van der Waals surface area contributed by atoms with Crippen molar-refractivity contribution in [3.63, 3.8) is 0 Å². The highest BCUT2D eigenvalue weighted by Gasteiger charge is 2.07. The molecule has 0 radical (unpaired) electrons. The van der Waals surface area contributed by atoms with Crippen molar-refractivity contribution in [1.29, 1.82) is 0 Å². The number of hydrogen-bond acceptors (Lipinski definition) is 2. The van der Waals surface area contributed by atoms with E-state index in [0.717, 1.165) is 13.0 Å². The van der Waals surface area contributed by atoms with Crippen molar-refractivity contribution in [2.24, 2.45) is 5.73 Å². The first-order valence-corrected chi connectivity index (χ1v) is 5.23. The third-order valence-corrected chi connectivity index (χ3v) is 2.39. The van der Waals surface area contributed by atoms with Crippen molar-refractivity contribution < 1.29 is 4.39 Å². The quantitative estimate of drug-likeness (QED) is 0.800. The lowest BCUT2D eigenvalue weighted by Crippen LogP contribution is -2.28. The van der Waals surface area contributed by atoms with Gasteiger partial charge in [-0.05, 0) is 45.1 Å². The van der Waals surface area contributed by atoms with Crippen LogP contribution in [0.5, 0.6) is 0 Å². The summed E-state index contributed by atoms with van der Waals surface area (Å²) < 4.78 is 13.3. The highest BCUT2D eigenvalue weighted by Crippen LogP contribution is 2.09. The van der Waals surface area contributed by atoms with Gasteiger partial charge < -0.3 is 10.6 Å². The molecule has 2 nitrogen and oxygen atoms in total. The normalized spacial score (nSPS) is 13.1. The van der Waals surface area contributed by atoms with E-state index in [1.807, 2.05) is 20.2 Å². The Labute approximate surface area is 90.9 Å². The van der Waals surface area contributed by atoms with Crippen LogP contribution in [-0.4, -0.2) is 31.6 Å². The van der Waals surface area contributed by atoms with E-state index in [9.17, 15) is 4.39 Å². The number of nitrogens with two attached hydrogens (primary N) is 1. The van der Waals surface area contributed by atoms with Crippen LogP contribution in [0.15, 0.2) is 24.3 Å². The molecule has 0 aliphatic rings. The maximum Gasteiger partial charge on any atom is 0.126 e. The highest BCUT2D eigenvalue weighted by atomic mass is 19.1. The van der Waals surface area contributed by atoms with Gasteiger partial charge in [0.25, 0.3) is 0 Å². The Balaban J connectivity index is 2.44. The molecule has 0 bridgehead atoms. The molecule has 1 aromatic carbocycles. The first-order chi connectivity index (χ1) is 7.09. The van der Waals surface area contributed by atoms with Gasteiger partial charge in [0, 0.05) is 6.04 Å². The number of benzene rings is 1. The minimum atomic E-state index is -0.155. The van der Waals surface area contributed by atoms with E-state index in [0.29, 0.717) is 12.0 Å². The Bertz CT molecular complexity index is 299. The third-order valence-electron chi connectivity index (χ3n) is 2.39. The molecule has 2 N–H and O–H groups in total. The topological polar surface area (TPSA) is 29.3 Å². The molecule has 0 amide bonds. The van der Waals surface area contributed by atoms with Gasteiger partial charge in [0.1, 0.15) is 5.82 Å². The first kappa shape index (κ1) is 12.1. The molecule has 0 aliphatic carbocycles. The fourth-order valence-corrected chi connectivity index (χ4v) is 1.47. The van der Waals surface area contributed by atoms with Crippen LogP contribution in [-0.2, 0) is 6.42 Å². The summed E-state index contributed by atoms with van der Waals surface area (Å²) in [7, 11) is 4.02. The van der Waals surface area contributed by atoms with Crippen molar-refractivity contribution in [3.05, 3.63) is 35.6 Å². The average Bonchev–Trinajstić information content (AvgIpc) is 2.18. The molecule has 0 fully saturated rings. The first-order valence-electron chi connectivity index (χ1n) is 5.23. The van der Waals surface area contributed by atoms with Gasteiger partial charge in [-0.3, -0.25) is 0 Å². The molecule has 15 heavy (non-hydrogen) atoms. The second kappa shape index (κ2) is 5.83. The predicted molar refractivity (Wildman–Crippen MR) is 61.3 cm³/mol. The summed E-state index contributed by atoms with van der Waals surface area (Å²) in [6.07, 6.45) is 1.50. The summed E-state index contributed by atoms with van der Waals surface area (Å²) in [6.45, 7) is 0.940. The molecule has 3 heteroatoms. The van der Waals surface area contributed by atoms with Crippen molar-refractivity contribution in [1.82, 2.24) is 4.90 Å². The molecular formula is C12H19FN2. The van der Waals surface area contributed by atoms with Crippen LogP contribution in [0, 0.1) is 5.82 Å². The molecule has 0 aliphatic heterocycles. The van der Waals surface area contributed by atoms with Gasteiger partial charge in [0.15, 0.2) is 0 Å². The summed E-state index contributed by atoms with van der Waals surface area (Å²) in [4.78, 5) is 2.08. The average molecular weight is 210 g/mol. The minimum absolute atomic E-state index is 0.0318. The van der Waals surface area contributed by atoms with E-state index in [2.05, 4.69) is 4.90 Å². The zero-order valence-electron chi connectivity index (χ0n) is 9.41. The van der Waals surface area contributed by atoms with Gasteiger partial charge in [-0.2, -0.15) is 0 Å². The molecule has 0 heterocycles. The second-order valence-corrected chi connectivity index (χ2v) is 4.15. The molecule has 1 unspecified atom stereocenters. The van der Waals surface area contributed by atoms with E-state index in [1.165, 1.54) is 6.07 Å². The smallest absolute Gasteiger partial charge is 0.126 e. The Morgan fingerprint density at radius 3 is 2.60 bits per heavy atom. The van der Waals surface area contributed by atoms with Crippen LogP contribution in [0.2, 0.25) is 0 Å². The molecule has 1 rings (SSSR count). The summed E-state index contributed by atoms with van der Waals surface area (Å²) in [5.41, 5.74) is 6.64. The van der Waals surface area contributed by atoms with E-state index in [-0.39, 0.29) is 11.9 Å². The summed E-state index contributed by atoms with van der Waals surface area (Å²) >= 11 is 0. The van der Waals surface area contributed by atoms with E-state index < -0.39 is 0 Å². The molecule has 0 saturated carbocycles. The zero-order chi connectivity index (χ0) is 11.3. The van der Waals surface area contributed by atoms with Crippen molar-refractivity contribution >= 4 is 0 Å². The summed E-state index contributed by atoms with van der Waals surface area (Å²) in [5.74, 6) is -0.155. The van der Waals surface area contributed by atoms with Gasteiger partial charge in [-0.1, -0.05) is 18.2 Å². The van der Waals surface area contributed by atoms with Crippen LogP contribution in [0.3, 0.4) is 0 Å². The molecule has 0 aromatic heterocycles. The lowest BCUT2D eigenvalue weighted by molar-refractivity contribution is 0.378. The number of rotatable bonds is 5. The van der Waals surface area contributed by atoms with Crippen LogP contribution in [0.25, 0.3) is 0 Å². The van der Waals surface area contributed by atoms with Crippen molar-refractivity contribution in [2.45, 2.75) is 18.9 Å². The predicted octanol–water partition coefficient (Wildman–Crippen LogP) is 1.65. The fourth-order valence-electron chi connectivity index (χ4n) is 1.47. The Kier molecular flexibility index (Phi) is 4.72. The van der Waals surface area contributed by atoms with Crippen LogP contribution in [0.4, 0.5) is 4.39 Å². The molecule has 0 saturated heterocycles. The maximum atomic E-state index is 13.3. The van der Waals surface area contributed by atoms with Crippen molar-refractivity contribution in [3.8, 4) is 0 Å². The SMILES string of the molecule is CN(C)CCC(N)Cc1ccccc1F. The van der Waals surface area contributed by atoms with Gasteiger partial charge >= 0.3 is 0 Å².